The van der Waals surface area contributed by atoms with Crippen LogP contribution < -0.4 is 0 Å². The lowest BCUT2D eigenvalue weighted by atomic mass is 9.86. The summed E-state index contributed by atoms with van der Waals surface area (Å²) in [5.74, 6) is 1.06. The first kappa shape index (κ1) is 15.5. The van der Waals surface area contributed by atoms with E-state index in [0.29, 0.717) is 11.8 Å². The molecule has 0 aliphatic heterocycles. The van der Waals surface area contributed by atoms with E-state index in [9.17, 15) is 4.79 Å². The van der Waals surface area contributed by atoms with E-state index in [1.807, 2.05) is 24.3 Å². The molecule has 21 heavy (non-hydrogen) atoms. The minimum atomic E-state index is 0.119. The van der Waals surface area contributed by atoms with Gasteiger partial charge in [-0.2, -0.15) is 0 Å². The number of carbonyl (C=O) groups excluding carboxylic acids is 1. The fourth-order valence-corrected chi connectivity index (χ4v) is 2.69. The molecule has 110 valence electrons. The quantitative estimate of drug-likeness (QED) is 0.646. The van der Waals surface area contributed by atoms with Gasteiger partial charge in [0.15, 0.2) is 5.78 Å². The minimum Gasteiger partial charge on any atom is -0.294 e. The first-order valence-corrected chi connectivity index (χ1v) is 7.66. The molecule has 0 saturated carbocycles. The second-order valence-electron chi connectivity index (χ2n) is 6.26. The predicted octanol–water partition coefficient (Wildman–Crippen LogP) is 5.80. The molecular formula is C20H24O. The lowest BCUT2D eigenvalue weighted by Crippen LogP contribution is -2.01. The van der Waals surface area contributed by atoms with Crippen molar-refractivity contribution < 1.29 is 4.79 Å². The van der Waals surface area contributed by atoms with Gasteiger partial charge in [0, 0.05) is 5.56 Å². The Morgan fingerprint density at radius 2 is 1.52 bits per heavy atom. The van der Waals surface area contributed by atoms with Crippen LogP contribution in [0.2, 0.25) is 0 Å². The fraction of sp³-hybridized carbons (Fsp3) is 0.350. The van der Waals surface area contributed by atoms with Gasteiger partial charge in [-0.15, -0.1) is 0 Å². The van der Waals surface area contributed by atoms with Crippen molar-refractivity contribution in [2.75, 3.05) is 0 Å². The summed E-state index contributed by atoms with van der Waals surface area (Å²) in [6.45, 7) is 10.5. The third-order valence-electron chi connectivity index (χ3n) is 3.96. The van der Waals surface area contributed by atoms with Gasteiger partial charge in [0.1, 0.15) is 0 Å². The van der Waals surface area contributed by atoms with Gasteiger partial charge < -0.3 is 0 Å². The van der Waals surface area contributed by atoms with Gasteiger partial charge in [0.05, 0.1) is 0 Å². The summed E-state index contributed by atoms with van der Waals surface area (Å²) >= 11 is 0. The molecule has 0 unspecified atom stereocenters. The van der Waals surface area contributed by atoms with E-state index in [-0.39, 0.29) is 5.78 Å². The van der Waals surface area contributed by atoms with Crippen LogP contribution in [0, 0.1) is 0 Å². The van der Waals surface area contributed by atoms with Crippen LogP contribution in [0.5, 0.6) is 0 Å². The van der Waals surface area contributed by atoms with Gasteiger partial charge in [-0.25, -0.2) is 0 Å². The zero-order valence-electron chi connectivity index (χ0n) is 13.6. The van der Waals surface area contributed by atoms with Crippen molar-refractivity contribution in [2.24, 2.45) is 0 Å². The van der Waals surface area contributed by atoms with Gasteiger partial charge >= 0.3 is 0 Å². The van der Waals surface area contributed by atoms with E-state index in [0.717, 1.165) is 11.1 Å². The molecule has 0 aliphatic rings. The van der Waals surface area contributed by atoms with Gasteiger partial charge in [-0.05, 0) is 41.0 Å². The van der Waals surface area contributed by atoms with Gasteiger partial charge in [0.2, 0.25) is 0 Å². The van der Waals surface area contributed by atoms with E-state index in [2.05, 4.69) is 45.9 Å². The zero-order chi connectivity index (χ0) is 15.6. The molecule has 0 saturated heterocycles. The number of ketones is 1. The SMILES string of the molecule is CC(=O)c1ccccc1-c1ccc(C(C)C)cc1C(C)C. The maximum Gasteiger partial charge on any atom is 0.160 e. The van der Waals surface area contributed by atoms with Gasteiger partial charge in [-0.3, -0.25) is 4.79 Å². The molecule has 0 aromatic heterocycles. The average molecular weight is 280 g/mol. The summed E-state index contributed by atoms with van der Waals surface area (Å²) < 4.78 is 0. The maximum atomic E-state index is 11.9. The summed E-state index contributed by atoms with van der Waals surface area (Å²) in [6, 6.07) is 14.5. The molecule has 0 radical (unpaired) electrons. The lowest BCUT2D eigenvalue weighted by molar-refractivity contribution is 0.101. The molecule has 0 heterocycles. The van der Waals surface area contributed by atoms with Crippen LogP contribution >= 0.6 is 0 Å². The van der Waals surface area contributed by atoms with Crippen molar-refractivity contribution >= 4 is 5.78 Å². The van der Waals surface area contributed by atoms with Crippen molar-refractivity contribution in [1.82, 2.24) is 0 Å². The standard InChI is InChI=1S/C20H24O/c1-13(2)16-10-11-19(20(12-16)14(3)4)18-9-7-6-8-17(18)15(5)21/h6-14H,1-5H3. The Labute approximate surface area is 128 Å². The number of hydrogen-bond donors (Lipinski definition) is 0. The molecule has 2 aromatic carbocycles. The Morgan fingerprint density at radius 1 is 0.857 bits per heavy atom. The first-order valence-electron chi connectivity index (χ1n) is 7.66. The van der Waals surface area contributed by atoms with E-state index in [4.69, 9.17) is 0 Å². The topological polar surface area (TPSA) is 17.1 Å². The Kier molecular flexibility index (Phi) is 4.62. The van der Waals surface area contributed by atoms with Crippen molar-refractivity contribution in [2.45, 2.75) is 46.5 Å². The maximum absolute atomic E-state index is 11.9. The largest absolute Gasteiger partial charge is 0.294 e. The highest BCUT2D eigenvalue weighted by molar-refractivity contribution is 6.01. The summed E-state index contributed by atoms with van der Waals surface area (Å²) in [7, 11) is 0. The molecule has 1 heteroatoms. The Hall–Kier alpha value is -1.89. The summed E-state index contributed by atoms with van der Waals surface area (Å²) in [4.78, 5) is 11.9. The second kappa shape index (κ2) is 6.26. The lowest BCUT2D eigenvalue weighted by Gasteiger charge is -2.18. The van der Waals surface area contributed by atoms with Crippen LogP contribution in [-0.2, 0) is 0 Å². The van der Waals surface area contributed by atoms with E-state index in [1.165, 1.54) is 16.7 Å². The monoisotopic (exact) mass is 280 g/mol. The first-order chi connectivity index (χ1) is 9.91. The number of rotatable bonds is 4. The molecule has 0 fully saturated rings. The van der Waals surface area contributed by atoms with Crippen molar-refractivity contribution in [3.63, 3.8) is 0 Å². The Morgan fingerprint density at radius 3 is 2.10 bits per heavy atom. The summed E-state index contributed by atoms with van der Waals surface area (Å²) in [6.07, 6.45) is 0. The number of carbonyl (C=O) groups is 1. The highest BCUT2D eigenvalue weighted by Crippen LogP contribution is 2.34. The molecule has 0 bridgehead atoms. The molecule has 2 rings (SSSR count). The molecule has 0 atom stereocenters. The normalized spacial score (nSPS) is 11.2. The van der Waals surface area contributed by atoms with Crippen molar-refractivity contribution in [3.8, 4) is 11.1 Å². The third-order valence-corrected chi connectivity index (χ3v) is 3.96. The van der Waals surface area contributed by atoms with Crippen LogP contribution in [0.4, 0.5) is 0 Å². The summed E-state index contributed by atoms with van der Waals surface area (Å²) in [5, 5.41) is 0. The van der Waals surface area contributed by atoms with Crippen LogP contribution in [0.15, 0.2) is 42.5 Å². The van der Waals surface area contributed by atoms with E-state index >= 15 is 0 Å². The predicted molar refractivity (Wildman–Crippen MR) is 90.1 cm³/mol. The van der Waals surface area contributed by atoms with Crippen molar-refractivity contribution in [3.05, 3.63) is 59.2 Å². The Bertz CT molecular complexity index is 651. The van der Waals surface area contributed by atoms with Gasteiger partial charge in [-0.1, -0.05) is 70.2 Å². The van der Waals surface area contributed by atoms with Crippen LogP contribution in [0.25, 0.3) is 11.1 Å². The molecular weight excluding hydrogens is 256 g/mol. The summed E-state index contributed by atoms with van der Waals surface area (Å²) in [5.41, 5.74) is 5.69. The van der Waals surface area contributed by atoms with Crippen LogP contribution in [0.1, 0.15) is 67.9 Å². The molecule has 0 aliphatic carbocycles. The third kappa shape index (κ3) is 3.24. The van der Waals surface area contributed by atoms with Gasteiger partial charge in [0.25, 0.3) is 0 Å². The smallest absolute Gasteiger partial charge is 0.160 e. The molecule has 1 nitrogen and oxygen atoms in total. The number of benzene rings is 2. The molecule has 0 amide bonds. The highest BCUT2D eigenvalue weighted by Gasteiger charge is 2.15. The van der Waals surface area contributed by atoms with Crippen LogP contribution in [-0.4, -0.2) is 5.78 Å². The van der Waals surface area contributed by atoms with Crippen LogP contribution in [0.3, 0.4) is 0 Å². The minimum absolute atomic E-state index is 0.119. The molecule has 2 aromatic rings. The Balaban J connectivity index is 2.67. The van der Waals surface area contributed by atoms with E-state index < -0.39 is 0 Å². The number of hydrogen-bond acceptors (Lipinski definition) is 1. The number of Topliss-reactive ketones (excluding diaryl/α,β-unsaturated/α-hetero) is 1. The van der Waals surface area contributed by atoms with Crippen molar-refractivity contribution in [1.29, 1.82) is 0 Å². The zero-order valence-corrected chi connectivity index (χ0v) is 13.6. The average Bonchev–Trinajstić information content (AvgIpc) is 2.46. The molecule has 0 N–H and O–H groups in total. The highest BCUT2D eigenvalue weighted by atomic mass is 16.1. The second-order valence-corrected chi connectivity index (χ2v) is 6.26. The fourth-order valence-electron chi connectivity index (χ4n) is 2.69. The van der Waals surface area contributed by atoms with E-state index in [1.54, 1.807) is 6.92 Å². The molecule has 0 spiro atoms.